The van der Waals surface area contributed by atoms with E-state index in [0.29, 0.717) is 16.7 Å². The number of hydrogen-bond acceptors (Lipinski definition) is 5. The Kier molecular flexibility index (Phi) is 3.58. The van der Waals surface area contributed by atoms with E-state index in [1.54, 1.807) is 7.05 Å². The fourth-order valence-electron chi connectivity index (χ4n) is 0.729. The maximum Gasteiger partial charge on any atom is 0.226 e. The van der Waals surface area contributed by atoms with Gasteiger partial charge >= 0.3 is 0 Å². The Hall–Kier alpha value is -1.43. The Bertz CT molecular complexity index is 400. The largest absolute Gasteiger partial charge is 0.502 e. The quantitative estimate of drug-likeness (QED) is 0.553. The number of amidine groups is 1. The molecule has 0 aliphatic carbocycles. The molecule has 0 aliphatic rings. The minimum Gasteiger partial charge on any atom is -0.502 e. The predicted octanol–water partition coefficient (Wildman–Crippen LogP) is 0.523. The van der Waals surface area contributed by atoms with Crippen molar-refractivity contribution in [1.29, 1.82) is 0 Å². The number of thioether (sulfide) groups is 1. The molecule has 76 valence electrons. The average molecular weight is 214 g/mol. The zero-order chi connectivity index (χ0) is 10.6. The summed E-state index contributed by atoms with van der Waals surface area (Å²) in [7, 11) is 1.58. The summed E-state index contributed by atoms with van der Waals surface area (Å²) in [6.45, 7) is 0. The minimum absolute atomic E-state index is 0.393. The molecule has 0 unspecified atom stereocenters. The van der Waals surface area contributed by atoms with Gasteiger partial charge in [-0.2, -0.15) is 0 Å². The smallest absolute Gasteiger partial charge is 0.226 e. The van der Waals surface area contributed by atoms with Gasteiger partial charge in [-0.1, -0.05) is 11.8 Å². The highest BCUT2D eigenvalue weighted by Crippen LogP contribution is 2.12. The molecule has 0 spiro atoms. The van der Waals surface area contributed by atoms with Crippen molar-refractivity contribution < 1.29 is 9.52 Å². The fraction of sp³-hybridized carbons (Fsp3) is 0.250. The van der Waals surface area contributed by atoms with Gasteiger partial charge in [-0.3, -0.25) is 9.79 Å². The summed E-state index contributed by atoms with van der Waals surface area (Å²) in [6.07, 6.45) is 1.01. The first-order chi connectivity index (χ1) is 6.63. The first-order valence-electron chi connectivity index (χ1n) is 3.79. The van der Waals surface area contributed by atoms with Gasteiger partial charge in [0, 0.05) is 13.1 Å². The molecular formula is C8H10N2O3S. The Labute approximate surface area is 84.6 Å². The second-order valence-corrected chi connectivity index (χ2v) is 3.44. The van der Waals surface area contributed by atoms with E-state index >= 15 is 0 Å². The monoisotopic (exact) mass is 214 g/mol. The molecule has 0 saturated carbocycles. The van der Waals surface area contributed by atoms with Gasteiger partial charge < -0.3 is 15.3 Å². The number of hydrogen-bond donors (Lipinski definition) is 2. The third kappa shape index (κ3) is 2.81. The molecule has 0 fully saturated rings. The van der Waals surface area contributed by atoms with Gasteiger partial charge in [0.15, 0.2) is 10.9 Å². The van der Waals surface area contributed by atoms with Crippen molar-refractivity contribution in [3.8, 4) is 5.75 Å². The highest BCUT2D eigenvalue weighted by molar-refractivity contribution is 8.13. The lowest BCUT2D eigenvalue weighted by atomic mass is 10.4. The van der Waals surface area contributed by atoms with E-state index < -0.39 is 11.2 Å². The van der Waals surface area contributed by atoms with Crippen LogP contribution in [0.4, 0.5) is 0 Å². The van der Waals surface area contributed by atoms with Crippen molar-refractivity contribution in [2.45, 2.75) is 5.75 Å². The molecule has 1 heterocycles. The van der Waals surface area contributed by atoms with E-state index in [2.05, 4.69) is 4.99 Å². The third-order valence-electron chi connectivity index (χ3n) is 1.45. The van der Waals surface area contributed by atoms with Crippen LogP contribution in [-0.4, -0.2) is 17.3 Å². The van der Waals surface area contributed by atoms with Gasteiger partial charge in [-0.25, -0.2) is 0 Å². The zero-order valence-corrected chi connectivity index (χ0v) is 8.37. The van der Waals surface area contributed by atoms with Gasteiger partial charge in [-0.15, -0.1) is 0 Å². The van der Waals surface area contributed by atoms with Crippen molar-refractivity contribution in [3.63, 3.8) is 0 Å². The molecule has 5 nitrogen and oxygen atoms in total. The number of aliphatic imine (C=N–C) groups is 1. The Morgan fingerprint density at radius 3 is 3.07 bits per heavy atom. The maximum atomic E-state index is 11.0. The second kappa shape index (κ2) is 4.71. The fourth-order valence-corrected chi connectivity index (χ4v) is 1.30. The summed E-state index contributed by atoms with van der Waals surface area (Å²) >= 11 is 1.26. The van der Waals surface area contributed by atoms with E-state index in [9.17, 15) is 4.79 Å². The van der Waals surface area contributed by atoms with Crippen molar-refractivity contribution in [3.05, 3.63) is 28.3 Å². The van der Waals surface area contributed by atoms with Crippen LogP contribution in [-0.2, 0) is 5.75 Å². The standard InChI is InChI=1S/C8H10N2O3S/c1-10-8(9)14-4-5-2-6(11)7(12)3-13-5/h2-3,12H,4H2,1H3,(H2,9,10). The van der Waals surface area contributed by atoms with Crippen LogP contribution in [0.5, 0.6) is 5.75 Å². The summed E-state index contributed by atoms with van der Waals surface area (Å²) < 4.78 is 4.95. The summed E-state index contributed by atoms with van der Waals surface area (Å²) in [4.78, 5) is 14.7. The number of nitrogens with zero attached hydrogens (tertiary/aromatic N) is 1. The highest BCUT2D eigenvalue weighted by Gasteiger charge is 2.02. The zero-order valence-electron chi connectivity index (χ0n) is 7.56. The molecule has 0 saturated heterocycles. The number of rotatable bonds is 2. The lowest BCUT2D eigenvalue weighted by Crippen LogP contribution is -2.07. The molecule has 1 aromatic heterocycles. The van der Waals surface area contributed by atoms with Crippen LogP contribution in [0, 0.1) is 0 Å². The van der Waals surface area contributed by atoms with Crippen molar-refractivity contribution in [1.82, 2.24) is 0 Å². The molecule has 1 aromatic rings. The Balaban J connectivity index is 2.69. The van der Waals surface area contributed by atoms with Crippen molar-refractivity contribution in [2.24, 2.45) is 10.7 Å². The van der Waals surface area contributed by atoms with E-state index in [4.69, 9.17) is 15.3 Å². The first-order valence-corrected chi connectivity index (χ1v) is 4.78. The van der Waals surface area contributed by atoms with Crippen LogP contribution in [0.15, 0.2) is 26.5 Å². The summed E-state index contributed by atoms with van der Waals surface area (Å²) in [5.41, 5.74) is 4.97. The first kappa shape index (κ1) is 10.6. The van der Waals surface area contributed by atoms with Gasteiger partial charge in [0.2, 0.25) is 5.43 Å². The lowest BCUT2D eigenvalue weighted by molar-refractivity contribution is 0.419. The molecule has 6 heteroatoms. The van der Waals surface area contributed by atoms with E-state index in [1.807, 2.05) is 0 Å². The average Bonchev–Trinajstić information content (AvgIpc) is 2.19. The van der Waals surface area contributed by atoms with Crippen LogP contribution in [0.1, 0.15) is 5.76 Å². The van der Waals surface area contributed by atoms with Gasteiger partial charge in [0.05, 0.1) is 5.75 Å². The van der Waals surface area contributed by atoms with Crippen molar-refractivity contribution >= 4 is 16.9 Å². The van der Waals surface area contributed by atoms with Crippen LogP contribution in [0.25, 0.3) is 0 Å². The highest BCUT2D eigenvalue weighted by atomic mass is 32.2. The molecule has 1 rings (SSSR count). The van der Waals surface area contributed by atoms with E-state index in [1.165, 1.54) is 17.8 Å². The summed E-state index contributed by atoms with van der Waals surface area (Å²) in [6, 6.07) is 1.23. The molecule has 0 amide bonds. The van der Waals surface area contributed by atoms with Gasteiger partial charge in [0.25, 0.3) is 0 Å². The number of aromatic hydroxyl groups is 1. The molecule has 0 atom stereocenters. The normalized spacial score (nSPS) is 11.6. The van der Waals surface area contributed by atoms with Crippen LogP contribution < -0.4 is 11.2 Å². The van der Waals surface area contributed by atoms with E-state index in [0.717, 1.165) is 6.26 Å². The van der Waals surface area contributed by atoms with Gasteiger partial charge in [-0.05, 0) is 0 Å². The van der Waals surface area contributed by atoms with Crippen molar-refractivity contribution in [2.75, 3.05) is 7.05 Å². The van der Waals surface area contributed by atoms with Crippen LogP contribution in [0.3, 0.4) is 0 Å². The molecule has 0 bridgehead atoms. The molecule has 3 N–H and O–H groups in total. The minimum atomic E-state index is -0.459. The lowest BCUT2D eigenvalue weighted by Gasteiger charge is -1.99. The topological polar surface area (TPSA) is 88.8 Å². The summed E-state index contributed by atoms with van der Waals surface area (Å²) in [5.74, 6) is 0.471. The summed E-state index contributed by atoms with van der Waals surface area (Å²) in [5, 5.41) is 9.32. The molecule has 0 aliphatic heterocycles. The van der Waals surface area contributed by atoms with Gasteiger partial charge in [0.1, 0.15) is 12.0 Å². The van der Waals surface area contributed by atoms with E-state index in [-0.39, 0.29) is 0 Å². The molecule has 14 heavy (non-hydrogen) atoms. The Morgan fingerprint density at radius 2 is 2.50 bits per heavy atom. The molecule has 0 radical (unpaired) electrons. The Morgan fingerprint density at radius 1 is 1.79 bits per heavy atom. The third-order valence-corrected chi connectivity index (χ3v) is 2.36. The molecule has 0 aromatic carbocycles. The maximum absolute atomic E-state index is 11.0. The second-order valence-electron chi connectivity index (χ2n) is 2.45. The number of nitrogens with two attached hydrogens (primary N) is 1. The molecular weight excluding hydrogens is 204 g/mol. The van der Waals surface area contributed by atoms with Crippen LogP contribution in [0.2, 0.25) is 0 Å². The predicted molar refractivity (Wildman–Crippen MR) is 55.5 cm³/mol. The SMILES string of the molecule is CN=C(N)SCc1cc(=O)c(O)co1. The van der Waals surface area contributed by atoms with Crippen LogP contribution >= 0.6 is 11.8 Å².